The maximum absolute atomic E-state index is 12.4. The zero-order valence-electron chi connectivity index (χ0n) is 10.8. The summed E-state index contributed by atoms with van der Waals surface area (Å²) >= 11 is 4.39. The van der Waals surface area contributed by atoms with Gasteiger partial charge >= 0.3 is 5.97 Å². The van der Waals surface area contributed by atoms with E-state index in [0.717, 1.165) is 11.1 Å². The molecule has 1 N–H and O–H groups in total. The third-order valence-electron chi connectivity index (χ3n) is 2.82. The number of aromatic carboxylic acids is 1. The summed E-state index contributed by atoms with van der Waals surface area (Å²) in [7, 11) is 0. The van der Waals surface area contributed by atoms with Crippen LogP contribution in [0, 0.1) is 6.92 Å². The summed E-state index contributed by atoms with van der Waals surface area (Å²) in [5, 5.41) is 9.80. The second-order valence-corrected chi connectivity index (χ2v) is 6.28. The monoisotopic (exact) mass is 308 g/mol. The third kappa shape index (κ3) is 3.54. The summed E-state index contributed by atoms with van der Waals surface area (Å²) in [6, 6.07) is 11.9. The van der Waals surface area contributed by atoms with Crippen LogP contribution in [0.15, 0.2) is 47.4 Å². The average Bonchev–Trinajstić information content (AvgIpc) is 2.41. The maximum atomic E-state index is 12.4. The van der Waals surface area contributed by atoms with Gasteiger partial charge in [-0.25, -0.2) is 4.79 Å². The van der Waals surface area contributed by atoms with Crippen molar-refractivity contribution in [3.63, 3.8) is 0 Å². The molecule has 0 aliphatic heterocycles. The quantitative estimate of drug-likeness (QED) is 0.877. The topological polar surface area (TPSA) is 60.4 Å². The summed E-state index contributed by atoms with van der Waals surface area (Å²) in [6.45, 7) is 1.80. The van der Waals surface area contributed by atoms with Crippen molar-refractivity contribution in [3.05, 3.63) is 64.2 Å². The zero-order chi connectivity index (χ0) is 14.7. The standard InChI is InChI=1S/C15H13ClO3S/c1-10-2-7-14(13(8-10)15(17)18)20(19)9-11-3-5-12(16)6-4-11/h2-8H,9H2,1H3,(H,17,18). The molecule has 2 aromatic carbocycles. The second kappa shape index (κ2) is 6.31. The normalized spacial score (nSPS) is 12.2. The molecule has 104 valence electrons. The minimum absolute atomic E-state index is 0.0947. The van der Waals surface area contributed by atoms with Gasteiger partial charge in [-0.05, 0) is 47.9 Å². The minimum Gasteiger partial charge on any atom is -0.611 e. The van der Waals surface area contributed by atoms with Gasteiger partial charge in [-0.3, -0.25) is 0 Å². The van der Waals surface area contributed by atoms with Crippen molar-refractivity contribution in [2.24, 2.45) is 0 Å². The number of carboxylic acid groups (broad SMARTS) is 1. The molecule has 2 rings (SSSR count). The van der Waals surface area contributed by atoms with Gasteiger partial charge in [0, 0.05) is 10.6 Å². The molecule has 0 aliphatic carbocycles. The molecule has 1 unspecified atom stereocenters. The van der Waals surface area contributed by atoms with Gasteiger partial charge in [0.25, 0.3) is 0 Å². The number of hydrogen-bond acceptors (Lipinski definition) is 2. The molecule has 3 nitrogen and oxygen atoms in total. The fourth-order valence-electron chi connectivity index (χ4n) is 1.82. The van der Waals surface area contributed by atoms with Crippen LogP contribution in [0.25, 0.3) is 0 Å². The van der Waals surface area contributed by atoms with Crippen LogP contribution in [-0.4, -0.2) is 15.6 Å². The van der Waals surface area contributed by atoms with Crippen molar-refractivity contribution in [1.29, 1.82) is 0 Å². The van der Waals surface area contributed by atoms with Crippen molar-refractivity contribution >= 4 is 28.7 Å². The summed E-state index contributed by atoms with van der Waals surface area (Å²) in [6.07, 6.45) is 0. The molecule has 0 saturated carbocycles. The molecule has 0 radical (unpaired) electrons. The van der Waals surface area contributed by atoms with Gasteiger partial charge in [0.15, 0.2) is 4.90 Å². The van der Waals surface area contributed by atoms with Crippen molar-refractivity contribution < 1.29 is 14.5 Å². The lowest BCUT2D eigenvalue weighted by molar-refractivity contribution is 0.0692. The zero-order valence-corrected chi connectivity index (χ0v) is 12.4. The lowest BCUT2D eigenvalue weighted by Gasteiger charge is -2.13. The highest BCUT2D eigenvalue weighted by atomic mass is 35.5. The van der Waals surface area contributed by atoms with Gasteiger partial charge < -0.3 is 9.66 Å². The molecule has 2 aromatic rings. The highest BCUT2D eigenvalue weighted by Gasteiger charge is 2.21. The van der Waals surface area contributed by atoms with Crippen molar-refractivity contribution in [2.75, 3.05) is 0 Å². The van der Waals surface area contributed by atoms with Crippen LogP contribution in [0.2, 0.25) is 5.02 Å². The molecule has 0 fully saturated rings. The van der Waals surface area contributed by atoms with Gasteiger partial charge in [-0.15, -0.1) is 0 Å². The number of rotatable bonds is 4. The molecule has 0 spiro atoms. The van der Waals surface area contributed by atoms with Crippen LogP contribution in [0.5, 0.6) is 0 Å². The SMILES string of the molecule is Cc1ccc([S+]([O-])Cc2ccc(Cl)cc2)c(C(=O)O)c1. The Morgan fingerprint density at radius 1 is 1.25 bits per heavy atom. The highest BCUT2D eigenvalue weighted by Crippen LogP contribution is 2.22. The first-order chi connectivity index (χ1) is 9.47. The Labute approximate surface area is 125 Å². The molecule has 0 heterocycles. The van der Waals surface area contributed by atoms with E-state index in [2.05, 4.69) is 0 Å². The fraction of sp³-hybridized carbons (Fsp3) is 0.133. The predicted octanol–water partition coefficient (Wildman–Crippen LogP) is 3.65. The van der Waals surface area contributed by atoms with E-state index >= 15 is 0 Å². The van der Waals surface area contributed by atoms with Crippen LogP contribution >= 0.6 is 11.6 Å². The van der Waals surface area contributed by atoms with E-state index in [0.29, 0.717) is 9.92 Å². The van der Waals surface area contributed by atoms with Gasteiger partial charge in [0.05, 0.1) is 0 Å². The molecule has 0 bridgehead atoms. The second-order valence-electron chi connectivity index (χ2n) is 4.42. The Morgan fingerprint density at radius 2 is 1.90 bits per heavy atom. The first kappa shape index (κ1) is 14.9. The molecule has 0 aliphatic rings. The average molecular weight is 309 g/mol. The molecule has 20 heavy (non-hydrogen) atoms. The number of benzene rings is 2. The number of halogens is 1. The highest BCUT2D eigenvalue weighted by molar-refractivity contribution is 7.90. The molecule has 0 saturated heterocycles. The molecule has 5 heteroatoms. The van der Waals surface area contributed by atoms with E-state index in [4.69, 9.17) is 11.6 Å². The van der Waals surface area contributed by atoms with Gasteiger partial charge in [-0.1, -0.05) is 29.8 Å². The third-order valence-corrected chi connectivity index (χ3v) is 4.52. The Kier molecular flexibility index (Phi) is 4.70. The molecule has 0 aromatic heterocycles. The predicted molar refractivity (Wildman–Crippen MR) is 79.7 cm³/mol. The van der Waals surface area contributed by atoms with Gasteiger partial charge in [-0.2, -0.15) is 0 Å². The first-order valence-electron chi connectivity index (χ1n) is 5.94. The first-order valence-corrected chi connectivity index (χ1v) is 7.64. The maximum Gasteiger partial charge on any atom is 0.340 e. The van der Waals surface area contributed by atoms with E-state index in [1.54, 1.807) is 43.3 Å². The van der Waals surface area contributed by atoms with Crippen LogP contribution in [0.1, 0.15) is 21.5 Å². The Hall–Kier alpha value is -1.49. The summed E-state index contributed by atoms with van der Waals surface area (Å²) in [5.74, 6) is -0.797. The molecular formula is C15H13ClO3S. The van der Waals surface area contributed by atoms with E-state index in [1.165, 1.54) is 6.07 Å². The van der Waals surface area contributed by atoms with E-state index < -0.39 is 17.1 Å². The van der Waals surface area contributed by atoms with Crippen LogP contribution in [0.4, 0.5) is 0 Å². The lowest BCUT2D eigenvalue weighted by Crippen LogP contribution is -2.11. The van der Waals surface area contributed by atoms with Crippen molar-refractivity contribution in [1.82, 2.24) is 0 Å². The number of carbonyl (C=O) groups is 1. The fourth-order valence-corrected chi connectivity index (χ4v) is 3.21. The number of aryl methyl sites for hydroxylation is 1. The molecular weight excluding hydrogens is 296 g/mol. The van der Waals surface area contributed by atoms with E-state index in [-0.39, 0.29) is 11.3 Å². The smallest absolute Gasteiger partial charge is 0.340 e. The van der Waals surface area contributed by atoms with Crippen molar-refractivity contribution in [3.8, 4) is 0 Å². The van der Waals surface area contributed by atoms with E-state index in [9.17, 15) is 14.5 Å². The van der Waals surface area contributed by atoms with Crippen molar-refractivity contribution in [2.45, 2.75) is 17.6 Å². The Bertz CT molecular complexity index is 626. The number of hydrogen-bond donors (Lipinski definition) is 1. The number of carboxylic acids is 1. The minimum atomic E-state index is -1.41. The molecule has 0 amide bonds. The van der Waals surface area contributed by atoms with Crippen LogP contribution < -0.4 is 0 Å². The largest absolute Gasteiger partial charge is 0.611 e. The van der Waals surface area contributed by atoms with Crippen LogP contribution in [0.3, 0.4) is 0 Å². The van der Waals surface area contributed by atoms with Gasteiger partial charge in [0.1, 0.15) is 11.3 Å². The summed E-state index contributed by atoms with van der Waals surface area (Å²) < 4.78 is 12.4. The Balaban J connectivity index is 2.27. The van der Waals surface area contributed by atoms with E-state index in [1.807, 2.05) is 0 Å². The summed E-state index contributed by atoms with van der Waals surface area (Å²) in [4.78, 5) is 11.6. The van der Waals surface area contributed by atoms with Gasteiger partial charge in [0.2, 0.25) is 0 Å². The summed E-state index contributed by atoms with van der Waals surface area (Å²) in [5.41, 5.74) is 1.77. The lowest BCUT2D eigenvalue weighted by atomic mass is 10.1. The Morgan fingerprint density at radius 3 is 2.50 bits per heavy atom. The molecule has 1 atom stereocenters. The van der Waals surface area contributed by atoms with Crippen LogP contribution in [-0.2, 0) is 16.9 Å².